The SMILES string of the molecule is FC(F)(F)Oc1cccc(-c2nc(Cl)c(I)c(Cl)n2)c1. The maximum Gasteiger partial charge on any atom is 0.573 e. The summed E-state index contributed by atoms with van der Waals surface area (Å²) in [5, 5.41) is 0.255. The Kier molecular flexibility index (Phi) is 4.60. The fraction of sp³-hybridized carbons (Fsp3) is 0.0909. The van der Waals surface area contributed by atoms with Gasteiger partial charge >= 0.3 is 6.36 Å². The molecule has 3 nitrogen and oxygen atoms in total. The fourth-order valence-electron chi connectivity index (χ4n) is 1.36. The van der Waals surface area contributed by atoms with Crippen LogP contribution in [0.1, 0.15) is 0 Å². The zero-order valence-corrected chi connectivity index (χ0v) is 13.0. The van der Waals surface area contributed by atoms with E-state index in [9.17, 15) is 13.2 Å². The van der Waals surface area contributed by atoms with E-state index in [1.807, 2.05) is 22.6 Å². The molecule has 0 N–H and O–H groups in total. The lowest BCUT2D eigenvalue weighted by Crippen LogP contribution is -2.17. The Morgan fingerprint density at radius 3 is 2.25 bits per heavy atom. The van der Waals surface area contributed by atoms with E-state index in [1.54, 1.807) is 0 Å². The largest absolute Gasteiger partial charge is 0.573 e. The van der Waals surface area contributed by atoms with Gasteiger partial charge in [-0.25, -0.2) is 9.97 Å². The average molecular weight is 435 g/mol. The molecule has 2 rings (SSSR count). The Hall–Kier alpha value is -0.800. The molecule has 1 aromatic carbocycles. The molecule has 1 heterocycles. The van der Waals surface area contributed by atoms with Crippen LogP contribution < -0.4 is 4.74 Å². The van der Waals surface area contributed by atoms with Gasteiger partial charge in [-0.05, 0) is 34.7 Å². The molecule has 0 aliphatic rings. The third-order valence-electron chi connectivity index (χ3n) is 2.10. The number of aromatic nitrogens is 2. The lowest BCUT2D eigenvalue weighted by atomic mass is 10.2. The van der Waals surface area contributed by atoms with E-state index in [0.29, 0.717) is 9.13 Å². The molecule has 0 aliphatic heterocycles. The molecule has 9 heteroatoms. The van der Waals surface area contributed by atoms with Crippen LogP contribution in [0.5, 0.6) is 5.75 Å². The molecule has 0 spiro atoms. The van der Waals surface area contributed by atoms with Gasteiger partial charge in [0.05, 0.1) is 3.57 Å². The Balaban J connectivity index is 2.41. The van der Waals surface area contributed by atoms with E-state index < -0.39 is 6.36 Å². The van der Waals surface area contributed by atoms with E-state index in [0.717, 1.165) is 6.07 Å². The standard InChI is InChI=1S/C11H4Cl2F3IN2O/c12-8-7(17)9(13)19-10(18-8)5-2-1-3-6(4-5)20-11(14,15)16/h1-4H. The van der Waals surface area contributed by atoms with Crippen molar-refractivity contribution < 1.29 is 17.9 Å². The second-order valence-electron chi connectivity index (χ2n) is 3.52. The summed E-state index contributed by atoms with van der Waals surface area (Å²) in [5.41, 5.74) is 0.312. The minimum atomic E-state index is -4.76. The van der Waals surface area contributed by atoms with Crippen LogP contribution in [0.15, 0.2) is 24.3 Å². The zero-order valence-electron chi connectivity index (χ0n) is 9.38. The second kappa shape index (κ2) is 5.90. The molecule has 20 heavy (non-hydrogen) atoms. The van der Waals surface area contributed by atoms with Crippen LogP contribution in [0.4, 0.5) is 13.2 Å². The van der Waals surface area contributed by atoms with Gasteiger partial charge in [-0.1, -0.05) is 35.3 Å². The van der Waals surface area contributed by atoms with Gasteiger partial charge in [0.15, 0.2) is 5.82 Å². The summed E-state index contributed by atoms with van der Waals surface area (Å²) in [5.74, 6) is -0.252. The number of hydrogen-bond acceptors (Lipinski definition) is 3. The number of nitrogens with zero attached hydrogens (tertiary/aromatic N) is 2. The molecule has 0 radical (unpaired) electrons. The smallest absolute Gasteiger partial charge is 0.406 e. The van der Waals surface area contributed by atoms with Crippen LogP contribution in [-0.2, 0) is 0 Å². The molecule has 1 aromatic heterocycles. The van der Waals surface area contributed by atoms with E-state index in [4.69, 9.17) is 23.2 Å². The van der Waals surface area contributed by atoms with Crippen molar-refractivity contribution in [3.05, 3.63) is 38.1 Å². The number of ether oxygens (including phenoxy) is 1. The lowest BCUT2D eigenvalue weighted by molar-refractivity contribution is -0.274. The van der Waals surface area contributed by atoms with Crippen LogP contribution in [-0.4, -0.2) is 16.3 Å². The average Bonchev–Trinajstić information content (AvgIpc) is 2.33. The maximum absolute atomic E-state index is 12.2. The Labute approximate surface area is 135 Å². The van der Waals surface area contributed by atoms with Gasteiger partial charge in [0.2, 0.25) is 0 Å². The van der Waals surface area contributed by atoms with Crippen molar-refractivity contribution in [2.24, 2.45) is 0 Å². The third-order valence-corrected chi connectivity index (χ3v) is 4.30. The summed E-state index contributed by atoms with van der Waals surface area (Å²) in [4.78, 5) is 7.93. The molecule has 0 bridgehead atoms. The molecular weight excluding hydrogens is 431 g/mol. The number of alkyl halides is 3. The first-order chi connectivity index (χ1) is 9.26. The van der Waals surface area contributed by atoms with E-state index in [-0.39, 0.29) is 21.9 Å². The van der Waals surface area contributed by atoms with Crippen LogP contribution in [0, 0.1) is 3.57 Å². The van der Waals surface area contributed by atoms with E-state index in [2.05, 4.69) is 14.7 Å². The quantitative estimate of drug-likeness (QED) is 0.495. The molecular formula is C11H4Cl2F3IN2O. The molecule has 2 aromatic rings. The van der Waals surface area contributed by atoms with Gasteiger partial charge in [0.1, 0.15) is 16.1 Å². The van der Waals surface area contributed by atoms with Crippen molar-refractivity contribution in [1.82, 2.24) is 9.97 Å². The summed E-state index contributed by atoms with van der Waals surface area (Å²) in [6.07, 6.45) is -4.76. The molecule has 0 fully saturated rings. The molecule has 0 atom stereocenters. The van der Waals surface area contributed by atoms with Crippen molar-refractivity contribution in [3.63, 3.8) is 0 Å². The first-order valence-corrected chi connectivity index (χ1v) is 6.84. The summed E-state index contributed by atoms with van der Waals surface area (Å²) < 4.78 is 40.8. The Morgan fingerprint density at radius 2 is 1.70 bits per heavy atom. The predicted molar refractivity (Wildman–Crippen MR) is 76.9 cm³/mol. The third kappa shape index (κ3) is 3.86. The highest BCUT2D eigenvalue weighted by atomic mass is 127. The topological polar surface area (TPSA) is 35.0 Å². The summed E-state index contributed by atoms with van der Waals surface area (Å²) >= 11 is 13.6. The summed E-state index contributed by atoms with van der Waals surface area (Å²) in [6, 6.07) is 5.24. The van der Waals surface area contributed by atoms with Crippen LogP contribution >= 0.6 is 45.8 Å². The molecule has 0 aliphatic carbocycles. The molecule has 0 unspecified atom stereocenters. The van der Waals surface area contributed by atoms with Gasteiger partial charge in [-0.3, -0.25) is 0 Å². The number of halogens is 6. The van der Waals surface area contributed by atoms with Crippen molar-refractivity contribution in [2.45, 2.75) is 6.36 Å². The zero-order chi connectivity index (χ0) is 14.9. The first kappa shape index (κ1) is 15.6. The van der Waals surface area contributed by atoms with Crippen LogP contribution in [0.2, 0.25) is 10.3 Å². The minimum absolute atomic E-state index is 0.119. The number of rotatable bonds is 2. The maximum atomic E-state index is 12.2. The monoisotopic (exact) mass is 434 g/mol. The number of hydrogen-bond donors (Lipinski definition) is 0. The van der Waals surface area contributed by atoms with Gasteiger partial charge in [-0.15, -0.1) is 13.2 Å². The van der Waals surface area contributed by atoms with Gasteiger partial charge < -0.3 is 4.74 Å². The van der Waals surface area contributed by atoms with Gasteiger partial charge in [0.25, 0.3) is 0 Å². The molecule has 0 amide bonds. The van der Waals surface area contributed by atoms with Crippen LogP contribution in [0.25, 0.3) is 11.4 Å². The van der Waals surface area contributed by atoms with Crippen molar-refractivity contribution in [3.8, 4) is 17.1 Å². The highest BCUT2D eigenvalue weighted by molar-refractivity contribution is 14.1. The Morgan fingerprint density at radius 1 is 1.10 bits per heavy atom. The van der Waals surface area contributed by atoms with Gasteiger partial charge in [-0.2, -0.15) is 0 Å². The normalized spacial score (nSPS) is 11.5. The van der Waals surface area contributed by atoms with Crippen molar-refractivity contribution in [1.29, 1.82) is 0 Å². The molecule has 0 saturated heterocycles. The summed E-state index contributed by atoms with van der Waals surface area (Å²) in [6.45, 7) is 0. The highest BCUT2D eigenvalue weighted by Crippen LogP contribution is 2.29. The van der Waals surface area contributed by atoms with Gasteiger partial charge in [0, 0.05) is 5.56 Å². The molecule has 106 valence electrons. The lowest BCUT2D eigenvalue weighted by Gasteiger charge is -2.10. The minimum Gasteiger partial charge on any atom is -0.406 e. The highest BCUT2D eigenvalue weighted by Gasteiger charge is 2.31. The summed E-state index contributed by atoms with van der Waals surface area (Å²) in [7, 11) is 0. The molecule has 0 saturated carbocycles. The fourth-order valence-corrected chi connectivity index (χ4v) is 1.98. The van der Waals surface area contributed by atoms with E-state index >= 15 is 0 Å². The van der Waals surface area contributed by atoms with E-state index in [1.165, 1.54) is 18.2 Å². The van der Waals surface area contributed by atoms with Crippen molar-refractivity contribution >= 4 is 45.8 Å². The second-order valence-corrected chi connectivity index (χ2v) is 5.31. The first-order valence-electron chi connectivity index (χ1n) is 5.01. The Bertz CT molecular complexity index is 629. The van der Waals surface area contributed by atoms with Crippen LogP contribution in [0.3, 0.4) is 0 Å². The predicted octanol–water partition coefficient (Wildman–Crippen LogP) is 4.95. The number of benzene rings is 1. The van der Waals surface area contributed by atoms with Crippen molar-refractivity contribution in [2.75, 3.05) is 0 Å².